The third kappa shape index (κ3) is 5.54. The summed E-state index contributed by atoms with van der Waals surface area (Å²) < 4.78 is 37.3. The van der Waals surface area contributed by atoms with Crippen LogP contribution in [0.1, 0.15) is 0 Å². The molecule has 2 aliphatic rings. The van der Waals surface area contributed by atoms with Gasteiger partial charge in [-0.25, -0.2) is 0 Å². The zero-order valence-corrected chi connectivity index (χ0v) is 20.0. The molecule has 0 saturated carbocycles. The molecule has 5 atom stereocenters. The summed E-state index contributed by atoms with van der Waals surface area (Å²) in [6.45, 7) is 13.4. The van der Waals surface area contributed by atoms with Crippen LogP contribution >= 0.6 is 0 Å². The van der Waals surface area contributed by atoms with Crippen LogP contribution in [-0.2, 0) is 27.6 Å². The molecule has 0 unspecified atom stereocenters. The molecule has 3 rings (SSSR count). The Bertz CT molecular complexity index is 636. The molecular formula is C19H33BO6Si2. The lowest BCUT2D eigenvalue weighted by molar-refractivity contribution is -0.291. The van der Waals surface area contributed by atoms with Gasteiger partial charge < -0.3 is 27.6 Å². The van der Waals surface area contributed by atoms with Gasteiger partial charge in [-0.2, -0.15) is 0 Å². The van der Waals surface area contributed by atoms with Crippen LogP contribution in [0.3, 0.4) is 0 Å². The molecule has 0 aliphatic carbocycles. The maximum atomic E-state index is 6.62. The first-order valence-electron chi connectivity index (χ1n) is 9.93. The van der Waals surface area contributed by atoms with Gasteiger partial charge in [0.1, 0.15) is 18.3 Å². The summed E-state index contributed by atoms with van der Waals surface area (Å²) >= 11 is 0. The Kier molecular flexibility index (Phi) is 6.88. The number of methoxy groups -OCH3 is 1. The van der Waals surface area contributed by atoms with Crippen molar-refractivity contribution in [3.63, 3.8) is 0 Å². The molecule has 0 radical (unpaired) electrons. The monoisotopic (exact) mass is 424 g/mol. The van der Waals surface area contributed by atoms with E-state index in [1.165, 1.54) is 0 Å². The number of hydrogen-bond donors (Lipinski definition) is 0. The second-order valence-electron chi connectivity index (χ2n) is 9.34. The van der Waals surface area contributed by atoms with Crippen molar-refractivity contribution >= 4 is 29.2 Å². The Morgan fingerprint density at radius 1 is 0.929 bits per heavy atom. The molecule has 28 heavy (non-hydrogen) atoms. The topological polar surface area (TPSA) is 55.4 Å². The van der Waals surface area contributed by atoms with Crippen molar-refractivity contribution < 1.29 is 27.6 Å². The van der Waals surface area contributed by atoms with E-state index < -0.39 is 30.0 Å². The van der Waals surface area contributed by atoms with E-state index in [1.54, 1.807) is 7.11 Å². The van der Waals surface area contributed by atoms with Crippen LogP contribution in [0.25, 0.3) is 0 Å². The predicted molar refractivity (Wildman–Crippen MR) is 115 cm³/mol. The molecular weight excluding hydrogens is 391 g/mol. The molecule has 2 aliphatic heterocycles. The first kappa shape index (κ1) is 22.2. The zero-order valence-electron chi connectivity index (χ0n) is 18.0. The molecule has 0 N–H and O–H groups in total. The van der Waals surface area contributed by atoms with Gasteiger partial charge >= 0.3 is 7.12 Å². The molecule has 0 amide bonds. The van der Waals surface area contributed by atoms with Crippen LogP contribution in [-0.4, -0.2) is 68.2 Å². The Morgan fingerprint density at radius 3 is 2.11 bits per heavy atom. The van der Waals surface area contributed by atoms with Crippen molar-refractivity contribution in [2.75, 3.05) is 13.7 Å². The fourth-order valence-electron chi connectivity index (χ4n) is 3.59. The van der Waals surface area contributed by atoms with E-state index >= 15 is 0 Å². The Labute approximate surface area is 171 Å². The van der Waals surface area contributed by atoms with Gasteiger partial charge in [0.15, 0.2) is 22.9 Å². The van der Waals surface area contributed by atoms with E-state index in [-0.39, 0.29) is 24.4 Å². The molecule has 0 bridgehead atoms. The zero-order chi connectivity index (χ0) is 20.5. The van der Waals surface area contributed by atoms with Crippen LogP contribution < -0.4 is 5.46 Å². The highest BCUT2D eigenvalue weighted by molar-refractivity contribution is 6.70. The molecule has 1 aromatic carbocycles. The summed E-state index contributed by atoms with van der Waals surface area (Å²) in [6.07, 6.45) is -1.64. The van der Waals surface area contributed by atoms with Gasteiger partial charge in [0.2, 0.25) is 0 Å². The van der Waals surface area contributed by atoms with Crippen molar-refractivity contribution in [1.82, 2.24) is 0 Å². The lowest BCUT2D eigenvalue weighted by atomic mass is 9.76. The van der Waals surface area contributed by atoms with E-state index in [2.05, 4.69) is 39.3 Å². The minimum absolute atomic E-state index is 0.257. The molecule has 6 nitrogen and oxygen atoms in total. The Balaban J connectivity index is 1.89. The lowest BCUT2D eigenvalue weighted by Gasteiger charge is -2.51. The van der Waals surface area contributed by atoms with Gasteiger partial charge in [0.25, 0.3) is 0 Å². The van der Waals surface area contributed by atoms with E-state index in [0.29, 0.717) is 6.61 Å². The van der Waals surface area contributed by atoms with E-state index in [1.807, 2.05) is 30.3 Å². The first-order chi connectivity index (χ1) is 13.1. The molecule has 2 heterocycles. The smallest absolute Gasteiger partial charge is 0.409 e. The van der Waals surface area contributed by atoms with Gasteiger partial charge in [-0.15, -0.1) is 0 Å². The van der Waals surface area contributed by atoms with Gasteiger partial charge in [-0.05, 0) is 44.7 Å². The molecule has 1 aromatic rings. The van der Waals surface area contributed by atoms with Gasteiger partial charge in [0.05, 0.1) is 12.7 Å². The van der Waals surface area contributed by atoms with Crippen molar-refractivity contribution in [3.8, 4) is 0 Å². The normalized spacial score (nSPS) is 31.5. The predicted octanol–water partition coefficient (Wildman–Crippen LogP) is 2.61. The van der Waals surface area contributed by atoms with E-state index in [9.17, 15) is 0 Å². The van der Waals surface area contributed by atoms with Gasteiger partial charge in [0, 0.05) is 7.11 Å². The van der Waals surface area contributed by atoms with Crippen LogP contribution in [0.5, 0.6) is 0 Å². The summed E-state index contributed by atoms with van der Waals surface area (Å²) in [6, 6.07) is 9.98. The number of rotatable bonds is 6. The van der Waals surface area contributed by atoms with E-state index in [4.69, 9.17) is 27.6 Å². The number of hydrogen-bond acceptors (Lipinski definition) is 6. The quantitative estimate of drug-likeness (QED) is 0.655. The maximum absolute atomic E-state index is 6.62. The number of ether oxygens (including phenoxy) is 2. The molecule has 156 valence electrons. The van der Waals surface area contributed by atoms with Gasteiger partial charge in [-0.1, -0.05) is 30.3 Å². The highest BCUT2D eigenvalue weighted by atomic mass is 28.4. The Hall–Kier alpha value is -0.521. The van der Waals surface area contributed by atoms with E-state index in [0.717, 1.165) is 5.46 Å². The van der Waals surface area contributed by atoms with Crippen LogP contribution in [0, 0.1) is 0 Å². The second-order valence-corrected chi connectivity index (χ2v) is 18.3. The highest BCUT2D eigenvalue weighted by Gasteiger charge is 2.53. The third-order valence-corrected chi connectivity index (χ3v) is 6.53. The maximum Gasteiger partial charge on any atom is 0.494 e. The average Bonchev–Trinajstić information content (AvgIpc) is 2.61. The molecule has 0 spiro atoms. The fourth-order valence-corrected chi connectivity index (χ4v) is 5.74. The second kappa shape index (κ2) is 8.69. The van der Waals surface area contributed by atoms with Crippen molar-refractivity contribution in [1.29, 1.82) is 0 Å². The number of fused-ring (bicyclic) bond motifs is 1. The summed E-state index contributed by atoms with van der Waals surface area (Å²) in [5, 5.41) is 0. The molecule has 2 saturated heterocycles. The first-order valence-corrected chi connectivity index (χ1v) is 16.7. The van der Waals surface area contributed by atoms with Crippen LogP contribution in [0.15, 0.2) is 30.3 Å². The Morgan fingerprint density at radius 2 is 1.54 bits per heavy atom. The SMILES string of the molecule is CO[C@H]1O[C@@H]2COB(c3ccccc3)O[C@H]2[C@H](O[Si](C)(C)C)[C@H]1O[Si](C)(C)C. The summed E-state index contributed by atoms with van der Waals surface area (Å²) in [5.74, 6) is 0. The number of benzene rings is 1. The summed E-state index contributed by atoms with van der Waals surface area (Å²) in [4.78, 5) is 0. The summed E-state index contributed by atoms with van der Waals surface area (Å²) in [5.41, 5.74) is 0.990. The fraction of sp³-hybridized carbons (Fsp3) is 0.684. The molecule has 0 aromatic heterocycles. The lowest BCUT2D eigenvalue weighted by Crippen LogP contribution is -2.68. The van der Waals surface area contributed by atoms with Crippen molar-refractivity contribution in [2.24, 2.45) is 0 Å². The third-order valence-electron chi connectivity index (χ3n) is 4.57. The minimum Gasteiger partial charge on any atom is -0.409 e. The largest absolute Gasteiger partial charge is 0.494 e. The van der Waals surface area contributed by atoms with Crippen LogP contribution in [0.2, 0.25) is 39.3 Å². The molecule has 2 fully saturated rings. The summed E-state index contributed by atoms with van der Waals surface area (Å²) in [7, 11) is -2.54. The van der Waals surface area contributed by atoms with Crippen LogP contribution in [0.4, 0.5) is 0 Å². The molecule has 9 heteroatoms. The van der Waals surface area contributed by atoms with Gasteiger partial charge in [-0.3, -0.25) is 0 Å². The standard InChI is InChI=1S/C19H33BO6Si2/c1-21-19-18(26-28(5,6)7)17(25-27(2,3)4)16-15(23-19)13-22-20(24-16)14-11-9-8-10-12-14/h8-12,15-19H,13H2,1-7H3/t15-,16-,17+,18-,19+/m1/s1. The minimum atomic E-state index is -1.88. The van der Waals surface area contributed by atoms with Crippen molar-refractivity contribution in [2.45, 2.75) is 70.0 Å². The van der Waals surface area contributed by atoms with Crippen molar-refractivity contribution in [3.05, 3.63) is 30.3 Å². The highest BCUT2D eigenvalue weighted by Crippen LogP contribution is 2.34. The average molecular weight is 424 g/mol.